The van der Waals surface area contributed by atoms with Crippen LogP contribution in [0.1, 0.15) is 66.4 Å². The number of piperidine rings is 1. The first-order valence-corrected chi connectivity index (χ1v) is 10.2. The standard InChI is InChI=1S/C21H25N3O5/c25-18-9-8-17(19(26)23-18)24-12-14-7-6-13(10-16(14)20(24)27)11-22-21(28)29-15-4-2-1-3-5-15/h6-7,10,15,17H,1-5,8-9,11-12H2,(H,22,28)(H,23,25,26). The molecule has 2 aliphatic heterocycles. The van der Waals surface area contributed by atoms with Gasteiger partial charge in [0.25, 0.3) is 5.91 Å². The maximum absolute atomic E-state index is 12.8. The molecule has 1 saturated carbocycles. The van der Waals surface area contributed by atoms with E-state index in [4.69, 9.17) is 4.74 Å². The van der Waals surface area contributed by atoms with E-state index in [1.165, 1.54) is 11.3 Å². The molecule has 3 aliphatic rings. The Morgan fingerprint density at radius 3 is 2.69 bits per heavy atom. The molecule has 8 heteroatoms. The Morgan fingerprint density at radius 1 is 1.14 bits per heavy atom. The summed E-state index contributed by atoms with van der Waals surface area (Å²) in [7, 11) is 0. The van der Waals surface area contributed by atoms with Gasteiger partial charge < -0.3 is 15.0 Å². The summed E-state index contributed by atoms with van der Waals surface area (Å²) in [6, 6.07) is 4.84. The van der Waals surface area contributed by atoms with Gasteiger partial charge in [0.05, 0.1) is 0 Å². The predicted octanol–water partition coefficient (Wildman–Crippen LogP) is 2.01. The minimum Gasteiger partial charge on any atom is -0.446 e. The van der Waals surface area contributed by atoms with E-state index in [0.29, 0.717) is 18.5 Å². The summed E-state index contributed by atoms with van der Waals surface area (Å²) in [5.74, 6) is -0.945. The van der Waals surface area contributed by atoms with Crippen LogP contribution in [-0.2, 0) is 27.4 Å². The molecule has 0 bridgehead atoms. The molecule has 0 radical (unpaired) electrons. The van der Waals surface area contributed by atoms with E-state index in [2.05, 4.69) is 10.6 Å². The Hall–Kier alpha value is -2.90. The van der Waals surface area contributed by atoms with Crippen LogP contribution < -0.4 is 10.6 Å². The molecule has 4 rings (SSSR count). The molecule has 2 heterocycles. The van der Waals surface area contributed by atoms with Crippen molar-refractivity contribution in [1.82, 2.24) is 15.5 Å². The second kappa shape index (κ2) is 8.23. The Balaban J connectivity index is 1.36. The van der Waals surface area contributed by atoms with Gasteiger partial charge in [-0.15, -0.1) is 0 Å². The highest BCUT2D eigenvalue weighted by Crippen LogP contribution is 2.28. The number of benzene rings is 1. The summed E-state index contributed by atoms with van der Waals surface area (Å²) >= 11 is 0. The van der Waals surface area contributed by atoms with Crippen molar-refractivity contribution in [2.75, 3.05) is 0 Å². The van der Waals surface area contributed by atoms with Crippen molar-refractivity contribution >= 4 is 23.8 Å². The Kier molecular flexibility index (Phi) is 5.51. The summed E-state index contributed by atoms with van der Waals surface area (Å²) in [6.07, 6.45) is 5.33. The number of hydrogen-bond acceptors (Lipinski definition) is 5. The van der Waals surface area contributed by atoms with Crippen molar-refractivity contribution in [3.63, 3.8) is 0 Å². The monoisotopic (exact) mass is 399 g/mol. The average Bonchev–Trinajstić information content (AvgIpc) is 3.03. The molecule has 2 fully saturated rings. The van der Waals surface area contributed by atoms with Crippen LogP contribution >= 0.6 is 0 Å². The van der Waals surface area contributed by atoms with Gasteiger partial charge in [0.1, 0.15) is 12.1 Å². The summed E-state index contributed by atoms with van der Waals surface area (Å²) in [6.45, 7) is 0.613. The number of ether oxygens (including phenoxy) is 1. The third kappa shape index (κ3) is 4.26. The zero-order valence-corrected chi connectivity index (χ0v) is 16.2. The lowest BCUT2D eigenvalue weighted by atomic mass is 9.98. The third-order valence-electron chi connectivity index (χ3n) is 5.86. The Morgan fingerprint density at radius 2 is 1.93 bits per heavy atom. The van der Waals surface area contributed by atoms with Crippen LogP contribution in [0.4, 0.5) is 4.79 Å². The van der Waals surface area contributed by atoms with E-state index in [1.807, 2.05) is 12.1 Å². The van der Waals surface area contributed by atoms with E-state index in [1.54, 1.807) is 6.07 Å². The number of carbonyl (C=O) groups excluding carboxylic acids is 4. The van der Waals surface area contributed by atoms with E-state index in [-0.39, 0.29) is 30.9 Å². The highest BCUT2D eigenvalue weighted by atomic mass is 16.6. The maximum atomic E-state index is 12.8. The number of fused-ring (bicyclic) bond motifs is 1. The lowest BCUT2D eigenvalue weighted by Gasteiger charge is -2.29. The molecule has 29 heavy (non-hydrogen) atoms. The number of imide groups is 1. The molecule has 1 unspecified atom stereocenters. The smallest absolute Gasteiger partial charge is 0.407 e. The van der Waals surface area contributed by atoms with Crippen LogP contribution in [0.2, 0.25) is 0 Å². The molecular formula is C21H25N3O5. The molecule has 1 aromatic carbocycles. The molecular weight excluding hydrogens is 374 g/mol. The number of nitrogens with one attached hydrogen (secondary N) is 2. The normalized spacial score (nSPS) is 22.3. The van der Waals surface area contributed by atoms with E-state index in [0.717, 1.165) is 36.8 Å². The van der Waals surface area contributed by atoms with Crippen LogP contribution in [0.3, 0.4) is 0 Å². The fourth-order valence-electron chi connectivity index (χ4n) is 4.26. The highest BCUT2D eigenvalue weighted by molar-refractivity contribution is 6.05. The molecule has 2 N–H and O–H groups in total. The molecule has 4 amide bonds. The third-order valence-corrected chi connectivity index (χ3v) is 5.86. The van der Waals surface area contributed by atoms with Crippen molar-refractivity contribution in [3.05, 3.63) is 34.9 Å². The van der Waals surface area contributed by atoms with E-state index < -0.39 is 18.0 Å². The van der Waals surface area contributed by atoms with Gasteiger partial charge in [-0.3, -0.25) is 19.7 Å². The van der Waals surface area contributed by atoms with Gasteiger partial charge >= 0.3 is 6.09 Å². The van der Waals surface area contributed by atoms with Gasteiger partial charge in [0.2, 0.25) is 11.8 Å². The molecule has 1 aliphatic carbocycles. The lowest BCUT2D eigenvalue weighted by molar-refractivity contribution is -0.136. The summed E-state index contributed by atoms with van der Waals surface area (Å²) in [4.78, 5) is 49.8. The molecule has 0 spiro atoms. The molecule has 0 aromatic heterocycles. The minimum absolute atomic E-state index is 0.00701. The van der Waals surface area contributed by atoms with Crippen LogP contribution in [0.5, 0.6) is 0 Å². The first kappa shape index (κ1) is 19.4. The zero-order valence-electron chi connectivity index (χ0n) is 16.2. The van der Waals surface area contributed by atoms with Crippen molar-refractivity contribution in [2.24, 2.45) is 0 Å². The van der Waals surface area contributed by atoms with Crippen molar-refractivity contribution in [2.45, 2.75) is 70.2 Å². The lowest BCUT2D eigenvalue weighted by Crippen LogP contribution is -2.52. The molecule has 1 saturated heterocycles. The second-order valence-corrected chi connectivity index (χ2v) is 7.91. The Bertz CT molecular complexity index is 847. The molecule has 1 atom stereocenters. The number of amides is 4. The molecule has 1 aromatic rings. The minimum atomic E-state index is -0.625. The number of carbonyl (C=O) groups is 4. The Labute approximate surface area is 169 Å². The van der Waals surface area contributed by atoms with Crippen LogP contribution in [0, 0.1) is 0 Å². The predicted molar refractivity (Wildman–Crippen MR) is 103 cm³/mol. The highest BCUT2D eigenvalue weighted by Gasteiger charge is 2.39. The quantitative estimate of drug-likeness (QED) is 0.754. The van der Waals surface area contributed by atoms with Crippen LogP contribution in [0.25, 0.3) is 0 Å². The van der Waals surface area contributed by atoms with Crippen LogP contribution in [0.15, 0.2) is 18.2 Å². The summed E-state index contributed by atoms with van der Waals surface area (Å²) in [5, 5.41) is 5.05. The van der Waals surface area contributed by atoms with Crippen molar-refractivity contribution in [3.8, 4) is 0 Å². The zero-order chi connectivity index (χ0) is 20.4. The van der Waals surface area contributed by atoms with Gasteiger partial charge in [-0.25, -0.2) is 4.79 Å². The first-order valence-electron chi connectivity index (χ1n) is 10.2. The number of alkyl carbamates (subject to hydrolysis) is 1. The first-order chi connectivity index (χ1) is 14.0. The van der Waals surface area contributed by atoms with Gasteiger partial charge in [0, 0.05) is 25.1 Å². The molecule has 154 valence electrons. The fraction of sp³-hybridized carbons (Fsp3) is 0.524. The fourth-order valence-corrected chi connectivity index (χ4v) is 4.26. The van der Waals surface area contributed by atoms with E-state index >= 15 is 0 Å². The summed E-state index contributed by atoms with van der Waals surface area (Å²) < 4.78 is 5.45. The van der Waals surface area contributed by atoms with Gasteiger partial charge in [-0.1, -0.05) is 18.6 Å². The van der Waals surface area contributed by atoms with Crippen molar-refractivity contribution < 1.29 is 23.9 Å². The SMILES string of the molecule is O=C1CCC(N2Cc3ccc(CNC(=O)OC4CCCCC4)cc3C2=O)C(=O)N1. The van der Waals surface area contributed by atoms with Crippen LogP contribution in [-0.4, -0.2) is 40.9 Å². The topological polar surface area (TPSA) is 105 Å². The van der Waals surface area contributed by atoms with Crippen molar-refractivity contribution in [1.29, 1.82) is 0 Å². The summed E-state index contributed by atoms with van der Waals surface area (Å²) in [5.41, 5.74) is 2.17. The second-order valence-electron chi connectivity index (χ2n) is 7.91. The van der Waals surface area contributed by atoms with Gasteiger partial charge in [-0.2, -0.15) is 0 Å². The number of rotatable bonds is 4. The number of nitrogens with zero attached hydrogens (tertiary/aromatic N) is 1. The van der Waals surface area contributed by atoms with Gasteiger partial charge in [0.15, 0.2) is 0 Å². The average molecular weight is 399 g/mol. The number of hydrogen-bond donors (Lipinski definition) is 2. The molecule has 8 nitrogen and oxygen atoms in total. The van der Waals surface area contributed by atoms with E-state index in [9.17, 15) is 19.2 Å². The maximum Gasteiger partial charge on any atom is 0.407 e. The largest absolute Gasteiger partial charge is 0.446 e. The van der Waals surface area contributed by atoms with Gasteiger partial charge in [-0.05, 0) is 49.3 Å².